The summed E-state index contributed by atoms with van der Waals surface area (Å²) in [6.07, 6.45) is 2.96. The number of anilines is 1. The fourth-order valence-corrected chi connectivity index (χ4v) is 8.20. The quantitative estimate of drug-likeness (QED) is 0.152. The van der Waals surface area contributed by atoms with Gasteiger partial charge in [-0.05, 0) is 53.3 Å². The van der Waals surface area contributed by atoms with Crippen LogP contribution in [0.25, 0.3) is 11.1 Å². The topological polar surface area (TPSA) is 120 Å². The van der Waals surface area contributed by atoms with Crippen molar-refractivity contribution in [2.45, 2.75) is 45.9 Å². The Hall–Kier alpha value is -3.77. The summed E-state index contributed by atoms with van der Waals surface area (Å²) in [5.74, 6) is 0.877. The first-order chi connectivity index (χ1) is 24.5. The van der Waals surface area contributed by atoms with Crippen LogP contribution < -0.4 is 14.8 Å². The molecule has 7 rings (SSSR count). The molecule has 51 heavy (non-hydrogen) atoms. The lowest BCUT2D eigenvalue weighted by Crippen LogP contribution is -2.55. The second kappa shape index (κ2) is 14.3. The molecule has 10 nitrogen and oxygen atoms in total. The van der Waals surface area contributed by atoms with Gasteiger partial charge in [-0.15, -0.1) is 0 Å². The van der Waals surface area contributed by atoms with Crippen LogP contribution in [0.5, 0.6) is 11.8 Å². The van der Waals surface area contributed by atoms with Gasteiger partial charge in [0.05, 0.1) is 30.9 Å². The standard InChI is InChI=1S/C39H43Cl2N5O5/c1-38(22-47)18-45(19-38)16-24-10-13-33(42-15-24)43-35(49)30-9-5-8-29(34(30)41)26-6-4-7-28-27(26)11-12-32(28)51-37-31(40)14-25(36(44-37)50-3)17-46-20-39(2,21-46)23-48/h4-10,13-15,32,47-48H,11-12,16-23H2,1-3H3,(H,42,43,49). The summed E-state index contributed by atoms with van der Waals surface area (Å²) < 4.78 is 12.1. The zero-order chi connectivity index (χ0) is 35.9. The average Bonchev–Trinajstić information content (AvgIpc) is 3.51. The molecule has 2 fully saturated rings. The van der Waals surface area contributed by atoms with Gasteiger partial charge in [-0.3, -0.25) is 14.6 Å². The van der Waals surface area contributed by atoms with E-state index in [-0.39, 0.29) is 36.1 Å². The molecule has 0 saturated carbocycles. The van der Waals surface area contributed by atoms with E-state index in [0.29, 0.717) is 39.7 Å². The molecule has 2 aliphatic heterocycles. The second-order valence-electron chi connectivity index (χ2n) is 14.9. The molecule has 268 valence electrons. The summed E-state index contributed by atoms with van der Waals surface area (Å²) in [5.41, 5.74) is 5.98. The highest BCUT2D eigenvalue weighted by Gasteiger charge is 2.39. The summed E-state index contributed by atoms with van der Waals surface area (Å²) in [4.78, 5) is 27.0. The number of nitrogens with zero attached hydrogens (tertiary/aromatic N) is 4. The maximum absolute atomic E-state index is 13.4. The third-order valence-electron chi connectivity index (χ3n) is 10.2. The molecule has 4 aromatic rings. The van der Waals surface area contributed by atoms with Crippen LogP contribution in [-0.2, 0) is 19.5 Å². The number of nitrogens with one attached hydrogen (secondary N) is 1. The number of aliphatic hydroxyl groups excluding tert-OH is 2. The highest BCUT2D eigenvalue weighted by Crippen LogP contribution is 2.44. The van der Waals surface area contributed by atoms with E-state index in [2.05, 4.69) is 38.9 Å². The van der Waals surface area contributed by atoms with E-state index in [0.717, 1.165) is 78.9 Å². The molecule has 12 heteroatoms. The smallest absolute Gasteiger partial charge is 0.258 e. The summed E-state index contributed by atoms with van der Waals surface area (Å²) in [6, 6.07) is 17.1. The molecule has 1 aliphatic carbocycles. The number of aliphatic hydroxyl groups is 2. The van der Waals surface area contributed by atoms with Gasteiger partial charge in [0.25, 0.3) is 5.91 Å². The van der Waals surface area contributed by atoms with Crippen LogP contribution in [0.4, 0.5) is 5.82 Å². The number of rotatable bonds is 12. The van der Waals surface area contributed by atoms with Gasteiger partial charge in [0.2, 0.25) is 11.8 Å². The maximum Gasteiger partial charge on any atom is 0.258 e. The van der Waals surface area contributed by atoms with Crippen LogP contribution in [0.15, 0.2) is 60.8 Å². The molecule has 0 spiro atoms. The first kappa shape index (κ1) is 35.6. The van der Waals surface area contributed by atoms with Crippen LogP contribution in [0.2, 0.25) is 10.0 Å². The molecule has 1 unspecified atom stereocenters. The Morgan fingerprint density at radius 1 is 0.941 bits per heavy atom. The lowest BCUT2D eigenvalue weighted by molar-refractivity contribution is -0.0322. The highest BCUT2D eigenvalue weighted by atomic mass is 35.5. The predicted octanol–water partition coefficient (Wildman–Crippen LogP) is 6.41. The zero-order valence-corrected chi connectivity index (χ0v) is 30.6. The van der Waals surface area contributed by atoms with Crippen molar-refractivity contribution in [3.8, 4) is 22.9 Å². The van der Waals surface area contributed by atoms with Crippen molar-refractivity contribution in [2.24, 2.45) is 10.8 Å². The van der Waals surface area contributed by atoms with Crippen LogP contribution in [0, 0.1) is 10.8 Å². The number of pyridine rings is 2. The Labute approximate surface area is 308 Å². The van der Waals surface area contributed by atoms with E-state index >= 15 is 0 Å². The first-order valence-electron chi connectivity index (χ1n) is 17.2. The molecule has 2 aromatic carbocycles. The Bertz CT molecular complexity index is 1930. The molecule has 3 N–H and O–H groups in total. The van der Waals surface area contributed by atoms with Crippen LogP contribution in [-0.4, -0.2) is 82.4 Å². The van der Waals surface area contributed by atoms with E-state index in [1.165, 1.54) is 0 Å². The molecular formula is C39H43Cl2N5O5. The number of methoxy groups -OCH3 is 1. The van der Waals surface area contributed by atoms with E-state index in [4.69, 9.17) is 32.7 Å². The number of amides is 1. The lowest BCUT2D eigenvalue weighted by Gasteiger charge is -2.47. The minimum absolute atomic E-state index is 0.0301. The monoisotopic (exact) mass is 731 g/mol. The van der Waals surface area contributed by atoms with Gasteiger partial charge in [-0.1, -0.05) is 73.4 Å². The normalized spacial score (nSPS) is 19.2. The third kappa shape index (κ3) is 7.31. The van der Waals surface area contributed by atoms with Crippen molar-refractivity contribution < 1.29 is 24.5 Å². The van der Waals surface area contributed by atoms with Gasteiger partial charge < -0.3 is 25.0 Å². The van der Waals surface area contributed by atoms with E-state index in [1.54, 1.807) is 25.4 Å². The zero-order valence-electron chi connectivity index (χ0n) is 29.1. The largest absolute Gasteiger partial charge is 0.481 e. The minimum Gasteiger partial charge on any atom is -0.481 e. The van der Waals surface area contributed by atoms with Gasteiger partial charge in [0.1, 0.15) is 16.9 Å². The third-order valence-corrected chi connectivity index (χ3v) is 10.9. The summed E-state index contributed by atoms with van der Waals surface area (Å²) in [6.45, 7) is 9.12. The van der Waals surface area contributed by atoms with Gasteiger partial charge in [0.15, 0.2) is 0 Å². The lowest BCUT2D eigenvalue weighted by atomic mass is 9.83. The Balaban J connectivity index is 1.04. The number of carbonyl (C=O) groups excluding carboxylic acids is 1. The van der Waals surface area contributed by atoms with E-state index < -0.39 is 0 Å². The minimum atomic E-state index is -0.341. The fraction of sp³-hybridized carbons (Fsp3) is 0.410. The average molecular weight is 733 g/mol. The molecule has 1 atom stereocenters. The fourth-order valence-electron chi connectivity index (χ4n) is 7.67. The Kier molecular flexibility index (Phi) is 10.0. The number of ether oxygens (including phenoxy) is 2. The second-order valence-corrected chi connectivity index (χ2v) is 15.6. The SMILES string of the molecule is COc1nc(OC2CCc3c(-c4cccc(C(=O)Nc5ccc(CN6CC(C)(CO)C6)cn5)c4Cl)cccc32)c(Cl)cc1CN1CC(C)(CO)C1. The van der Waals surface area contributed by atoms with Crippen molar-refractivity contribution in [1.82, 2.24) is 19.8 Å². The Morgan fingerprint density at radius 3 is 2.29 bits per heavy atom. The van der Waals surface area contributed by atoms with Crippen molar-refractivity contribution >= 4 is 34.9 Å². The molecule has 0 bridgehead atoms. The molecule has 2 saturated heterocycles. The van der Waals surface area contributed by atoms with E-state index in [9.17, 15) is 15.0 Å². The maximum atomic E-state index is 13.4. The van der Waals surface area contributed by atoms with Crippen molar-refractivity contribution in [2.75, 3.05) is 51.8 Å². The molecule has 2 aromatic heterocycles. The number of aromatic nitrogens is 2. The number of hydrogen-bond donors (Lipinski definition) is 3. The van der Waals surface area contributed by atoms with Gasteiger partial charge >= 0.3 is 0 Å². The van der Waals surface area contributed by atoms with Gasteiger partial charge in [0, 0.05) is 67.4 Å². The number of benzene rings is 2. The van der Waals surface area contributed by atoms with Crippen LogP contribution in [0.3, 0.4) is 0 Å². The first-order valence-corrected chi connectivity index (χ1v) is 18.0. The summed E-state index contributed by atoms with van der Waals surface area (Å²) in [5, 5.41) is 22.8. The van der Waals surface area contributed by atoms with Crippen molar-refractivity contribution in [1.29, 1.82) is 0 Å². The molecule has 4 heterocycles. The van der Waals surface area contributed by atoms with Crippen LogP contribution >= 0.6 is 23.2 Å². The highest BCUT2D eigenvalue weighted by molar-refractivity contribution is 6.37. The van der Waals surface area contributed by atoms with E-state index in [1.807, 2.05) is 42.5 Å². The number of likely N-dealkylation sites (tertiary alicyclic amines) is 2. The predicted molar refractivity (Wildman–Crippen MR) is 198 cm³/mol. The molecular weight excluding hydrogens is 689 g/mol. The number of carbonyl (C=O) groups is 1. The summed E-state index contributed by atoms with van der Waals surface area (Å²) >= 11 is 13.7. The number of halogens is 2. The summed E-state index contributed by atoms with van der Waals surface area (Å²) in [7, 11) is 1.59. The van der Waals surface area contributed by atoms with Crippen molar-refractivity contribution in [3.05, 3.63) is 98.7 Å². The van der Waals surface area contributed by atoms with Gasteiger partial charge in [-0.2, -0.15) is 4.98 Å². The van der Waals surface area contributed by atoms with Gasteiger partial charge in [-0.25, -0.2) is 4.98 Å². The molecule has 1 amide bonds. The number of hydrogen-bond acceptors (Lipinski definition) is 9. The number of fused-ring (bicyclic) bond motifs is 1. The molecule has 0 radical (unpaired) electrons. The van der Waals surface area contributed by atoms with Crippen LogP contribution in [0.1, 0.15) is 59.0 Å². The van der Waals surface area contributed by atoms with Crippen molar-refractivity contribution in [3.63, 3.8) is 0 Å². The Morgan fingerprint density at radius 2 is 1.63 bits per heavy atom. The molecule has 3 aliphatic rings.